The first-order valence-corrected chi connectivity index (χ1v) is 13.2. The first-order chi connectivity index (χ1) is 18.9. The third-order valence-electron chi connectivity index (χ3n) is 7.29. The molecule has 202 valence electrons. The smallest absolute Gasteiger partial charge is 0.250 e. The zero-order chi connectivity index (χ0) is 27.4. The second-order valence-corrected chi connectivity index (χ2v) is 10.0. The Morgan fingerprint density at radius 2 is 1.77 bits per heavy atom. The molecule has 5 rings (SSSR count). The molecule has 0 aliphatic heterocycles. The van der Waals surface area contributed by atoms with Crippen LogP contribution in [-0.2, 0) is 22.7 Å². The Morgan fingerprint density at radius 3 is 2.49 bits per heavy atom. The van der Waals surface area contributed by atoms with Crippen molar-refractivity contribution >= 4 is 40.1 Å². The number of halogens is 1. The van der Waals surface area contributed by atoms with Gasteiger partial charge >= 0.3 is 0 Å². The number of methoxy groups -OCH3 is 2. The summed E-state index contributed by atoms with van der Waals surface area (Å²) in [6, 6.07) is 20.0. The first kappa shape index (κ1) is 26.5. The summed E-state index contributed by atoms with van der Waals surface area (Å²) < 4.78 is 12.4. The van der Waals surface area contributed by atoms with E-state index in [0.717, 1.165) is 23.9 Å². The SMILES string of the molecule is COc1ccc(NC(=O)C2(N(Cc3ccc(Cl)cc3)C(=O)Cn3nnc4ccccc43)CCCC2)c(OC)c1. The number of aromatic nitrogens is 3. The molecule has 1 heterocycles. The van der Waals surface area contributed by atoms with Gasteiger partial charge in [0.05, 0.1) is 25.4 Å². The Labute approximate surface area is 231 Å². The molecule has 1 aliphatic rings. The van der Waals surface area contributed by atoms with Gasteiger partial charge in [-0.15, -0.1) is 5.10 Å². The van der Waals surface area contributed by atoms with Crippen molar-refractivity contribution in [3.8, 4) is 11.5 Å². The summed E-state index contributed by atoms with van der Waals surface area (Å²) in [7, 11) is 3.10. The number of para-hydroxylation sites is 1. The third-order valence-corrected chi connectivity index (χ3v) is 7.54. The normalized spacial score (nSPS) is 14.2. The van der Waals surface area contributed by atoms with Crippen LogP contribution in [0.3, 0.4) is 0 Å². The van der Waals surface area contributed by atoms with Crippen molar-refractivity contribution in [1.82, 2.24) is 19.9 Å². The average Bonchev–Trinajstić information content (AvgIpc) is 3.61. The predicted octanol–water partition coefficient (Wildman–Crippen LogP) is 5.08. The molecule has 10 heteroatoms. The van der Waals surface area contributed by atoms with E-state index in [2.05, 4.69) is 15.6 Å². The molecule has 2 amide bonds. The van der Waals surface area contributed by atoms with Crippen molar-refractivity contribution in [3.05, 3.63) is 77.3 Å². The number of nitrogens with one attached hydrogen (secondary N) is 1. The van der Waals surface area contributed by atoms with E-state index in [1.165, 1.54) is 7.11 Å². The van der Waals surface area contributed by atoms with Crippen LogP contribution in [0.1, 0.15) is 31.2 Å². The Kier molecular flexibility index (Phi) is 7.70. The fourth-order valence-electron chi connectivity index (χ4n) is 5.22. The summed E-state index contributed by atoms with van der Waals surface area (Å²) in [5, 5.41) is 12.0. The van der Waals surface area contributed by atoms with Crippen LogP contribution in [-0.4, -0.2) is 51.5 Å². The van der Waals surface area contributed by atoms with Crippen molar-refractivity contribution in [2.24, 2.45) is 0 Å². The zero-order valence-electron chi connectivity index (χ0n) is 21.9. The molecule has 0 saturated heterocycles. The minimum Gasteiger partial charge on any atom is -0.497 e. The van der Waals surface area contributed by atoms with Crippen LogP contribution in [0, 0.1) is 0 Å². The Bertz CT molecular complexity index is 1480. The second-order valence-electron chi connectivity index (χ2n) is 9.60. The summed E-state index contributed by atoms with van der Waals surface area (Å²) in [6.45, 7) is 0.199. The number of ether oxygens (including phenoxy) is 2. The van der Waals surface area contributed by atoms with E-state index in [1.807, 2.05) is 36.4 Å². The van der Waals surface area contributed by atoms with Gasteiger partial charge < -0.3 is 19.7 Å². The molecule has 9 nitrogen and oxygen atoms in total. The van der Waals surface area contributed by atoms with Crippen molar-refractivity contribution in [2.45, 2.75) is 44.3 Å². The van der Waals surface area contributed by atoms with E-state index in [0.29, 0.717) is 40.6 Å². The number of benzene rings is 3. The lowest BCUT2D eigenvalue weighted by Gasteiger charge is -2.40. The molecule has 1 aromatic heterocycles. The van der Waals surface area contributed by atoms with Crippen LogP contribution < -0.4 is 14.8 Å². The minimum absolute atomic E-state index is 0.0466. The lowest BCUT2D eigenvalue weighted by atomic mass is 9.92. The Morgan fingerprint density at radius 1 is 1.03 bits per heavy atom. The van der Waals surface area contributed by atoms with Crippen LogP contribution in [0.15, 0.2) is 66.7 Å². The van der Waals surface area contributed by atoms with E-state index in [9.17, 15) is 9.59 Å². The first-order valence-electron chi connectivity index (χ1n) is 12.8. The number of carbonyl (C=O) groups is 2. The number of amides is 2. The Hall–Kier alpha value is -4.11. The van der Waals surface area contributed by atoms with Gasteiger partial charge in [-0.25, -0.2) is 4.68 Å². The highest BCUT2D eigenvalue weighted by Gasteiger charge is 2.48. The van der Waals surface area contributed by atoms with Crippen molar-refractivity contribution in [3.63, 3.8) is 0 Å². The highest BCUT2D eigenvalue weighted by molar-refractivity contribution is 6.30. The van der Waals surface area contributed by atoms with Gasteiger partial charge in [-0.2, -0.15) is 0 Å². The molecular weight excluding hydrogens is 518 g/mol. The number of anilines is 1. The number of hydrogen-bond donors (Lipinski definition) is 1. The fourth-order valence-corrected chi connectivity index (χ4v) is 5.34. The number of carbonyl (C=O) groups excluding carboxylic acids is 2. The van der Waals surface area contributed by atoms with Gasteiger partial charge in [0.2, 0.25) is 11.8 Å². The van der Waals surface area contributed by atoms with Gasteiger partial charge in [0, 0.05) is 17.6 Å². The average molecular weight is 548 g/mol. The molecule has 39 heavy (non-hydrogen) atoms. The largest absolute Gasteiger partial charge is 0.497 e. The van der Waals surface area contributed by atoms with Crippen molar-refractivity contribution in [1.29, 1.82) is 0 Å². The molecule has 0 unspecified atom stereocenters. The lowest BCUT2D eigenvalue weighted by molar-refractivity contribution is -0.147. The standard InChI is InChI=1S/C29H30ClN5O4/c1-38-22-13-14-24(26(17-22)39-2)31-28(37)29(15-5-6-16-29)34(18-20-9-11-21(30)12-10-20)27(36)19-35-25-8-4-3-7-23(25)32-33-35/h3-4,7-14,17H,5-6,15-16,18-19H2,1-2H3,(H,31,37). The summed E-state index contributed by atoms with van der Waals surface area (Å²) in [6.07, 6.45) is 2.72. The summed E-state index contributed by atoms with van der Waals surface area (Å²) in [5.74, 6) is 0.606. The van der Waals surface area contributed by atoms with Gasteiger partial charge in [0.25, 0.3) is 0 Å². The van der Waals surface area contributed by atoms with Crippen LogP contribution in [0.25, 0.3) is 11.0 Å². The van der Waals surface area contributed by atoms with Crippen molar-refractivity contribution in [2.75, 3.05) is 19.5 Å². The van der Waals surface area contributed by atoms with Crippen LogP contribution in [0.5, 0.6) is 11.5 Å². The predicted molar refractivity (Wildman–Crippen MR) is 149 cm³/mol. The Balaban J connectivity index is 1.50. The van der Waals surface area contributed by atoms with E-state index in [-0.39, 0.29) is 24.9 Å². The molecule has 0 bridgehead atoms. The van der Waals surface area contributed by atoms with Crippen LogP contribution in [0.4, 0.5) is 5.69 Å². The van der Waals surface area contributed by atoms with Crippen LogP contribution in [0.2, 0.25) is 5.02 Å². The molecule has 3 aromatic carbocycles. The zero-order valence-corrected chi connectivity index (χ0v) is 22.6. The summed E-state index contributed by atoms with van der Waals surface area (Å²) >= 11 is 6.12. The van der Waals surface area contributed by atoms with E-state index < -0.39 is 5.54 Å². The van der Waals surface area contributed by atoms with E-state index in [4.69, 9.17) is 21.1 Å². The van der Waals surface area contributed by atoms with E-state index >= 15 is 0 Å². The lowest BCUT2D eigenvalue weighted by Crippen LogP contribution is -2.57. The highest BCUT2D eigenvalue weighted by Crippen LogP contribution is 2.39. The monoisotopic (exact) mass is 547 g/mol. The summed E-state index contributed by atoms with van der Waals surface area (Å²) in [5.41, 5.74) is 1.78. The minimum atomic E-state index is -1.06. The molecule has 1 aliphatic carbocycles. The quantitative estimate of drug-likeness (QED) is 0.314. The molecule has 1 saturated carbocycles. The molecule has 1 N–H and O–H groups in total. The molecule has 0 radical (unpaired) electrons. The molecule has 4 aromatic rings. The highest BCUT2D eigenvalue weighted by atomic mass is 35.5. The number of nitrogens with zero attached hydrogens (tertiary/aromatic N) is 4. The molecule has 1 fully saturated rings. The van der Waals surface area contributed by atoms with E-state index in [1.54, 1.807) is 47.0 Å². The van der Waals surface area contributed by atoms with Gasteiger partial charge in [0.1, 0.15) is 29.1 Å². The summed E-state index contributed by atoms with van der Waals surface area (Å²) in [4.78, 5) is 29.9. The fraction of sp³-hybridized carbons (Fsp3) is 0.310. The molecule has 0 spiro atoms. The van der Waals surface area contributed by atoms with Gasteiger partial charge in [0.15, 0.2) is 0 Å². The second kappa shape index (κ2) is 11.3. The maximum absolute atomic E-state index is 14.1. The van der Waals surface area contributed by atoms with Gasteiger partial charge in [-0.1, -0.05) is 53.9 Å². The molecular formula is C29H30ClN5O4. The number of fused-ring (bicyclic) bond motifs is 1. The van der Waals surface area contributed by atoms with Crippen LogP contribution >= 0.6 is 11.6 Å². The maximum atomic E-state index is 14.1. The third kappa shape index (κ3) is 5.40. The van der Waals surface area contributed by atoms with Gasteiger partial charge in [-0.3, -0.25) is 9.59 Å². The molecule has 0 atom stereocenters. The maximum Gasteiger partial charge on any atom is 0.250 e. The van der Waals surface area contributed by atoms with Crippen molar-refractivity contribution < 1.29 is 19.1 Å². The number of hydrogen-bond acceptors (Lipinski definition) is 6. The topological polar surface area (TPSA) is 98.6 Å². The number of rotatable bonds is 9. The van der Waals surface area contributed by atoms with Gasteiger partial charge in [-0.05, 0) is 54.8 Å².